The number of oxime groups is 1. The van der Waals surface area contributed by atoms with Gasteiger partial charge in [-0.05, 0) is 32.9 Å². The van der Waals surface area contributed by atoms with Gasteiger partial charge in [0.25, 0.3) is 0 Å². The summed E-state index contributed by atoms with van der Waals surface area (Å²) >= 11 is 0. The van der Waals surface area contributed by atoms with E-state index in [9.17, 15) is 0 Å². The van der Waals surface area contributed by atoms with Gasteiger partial charge >= 0.3 is 0 Å². The summed E-state index contributed by atoms with van der Waals surface area (Å²) in [5.41, 5.74) is 0.867. The van der Waals surface area contributed by atoms with E-state index in [1.54, 1.807) is 24.3 Å². The fourth-order valence-electron chi connectivity index (χ4n) is 1.33. The second-order valence-corrected chi connectivity index (χ2v) is 5.17. The number of rotatable bonds is 5. The highest BCUT2D eigenvalue weighted by atomic mass is 16.5. The number of nitrogens with zero attached hydrogens (tertiary/aromatic N) is 2. The molecule has 0 saturated heterocycles. The van der Waals surface area contributed by atoms with Gasteiger partial charge in [-0.15, -0.1) is 0 Å². The van der Waals surface area contributed by atoms with Crippen molar-refractivity contribution in [2.45, 2.75) is 26.3 Å². The van der Waals surface area contributed by atoms with Gasteiger partial charge in [-0.2, -0.15) is 5.26 Å². The summed E-state index contributed by atoms with van der Waals surface area (Å²) in [6, 6.07) is 9.01. The molecule has 0 aliphatic rings. The highest BCUT2D eigenvalue weighted by Gasteiger charge is 2.11. The van der Waals surface area contributed by atoms with Crippen LogP contribution >= 0.6 is 0 Å². The standard InChI is InChI=1S/C14H19N3O2/c1-14(2,3)16-9-12(17-18)10-19-13-7-5-4-6-11(13)8-15/h4-7,16,18H,9-10H2,1-3H3/b17-12-. The summed E-state index contributed by atoms with van der Waals surface area (Å²) in [4.78, 5) is 0. The van der Waals surface area contributed by atoms with E-state index in [0.717, 1.165) is 0 Å². The van der Waals surface area contributed by atoms with Gasteiger partial charge in [0, 0.05) is 12.1 Å². The molecular formula is C14H19N3O2. The molecule has 0 aliphatic heterocycles. The van der Waals surface area contributed by atoms with Crippen molar-refractivity contribution in [3.05, 3.63) is 29.8 Å². The van der Waals surface area contributed by atoms with Gasteiger partial charge < -0.3 is 15.3 Å². The van der Waals surface area contributed by atoms with Crippen LogP contribution < -0.4 is 10.1 Å². The molecule has 0 radical (unpaired) electrons. The average Bonchev–Trinajstić information content (AvgIpc) is 2.38. The molecule has 0 amide bonds. The van der Waals surface area contributed by atoms with E-state index < -0.39 is 0 Å². The average molecular weight is 261 g/mol. The van der Waals surface area contributed by atoms with Gasteiger partial charge in [-0.25, -0.2) is 0 Å². The lowest BCUT2D eigenvalue weighted by molar-refractivity contribution is 0.303. The third-order valence-electron chi connectivity index (χ3n) is 2.37. The number of ether oxygens (including phenoxy) is 1. The van der Waals surface area contributed by atoms with Crippen LogP contribution in [0.4, 0.5) is 0 Å². The first-order valence-electron chi connectivity index (χ1n) is 6.03. The van der Waals surface area contributed by atoms with Crippen molar-refractivity contribution < 1.29 is 9.94 Å². The highest BCUT2D eigenvalue weighted by Crippen LogP contribution is 2.16. The predicted molar refractivity (Wildman–Crippen MR) is 73.6 cm³/mol. The van der Waals surface area contributed by atoms with Crippen LogP contribution in [-0.2, 0) is 0 Å². The van der Waals surface area contributed by atoms with Crippen LogP contribution in [0, 0.1) is 11.3 Å². The fraction of sp³-hybridized carbons (Fsp3) is 0.429. The van der Waals surface area contributed by atoms with E-state index in [0.29, 0.717) is 23.6 Å². The topological polar surface area (TPSA) is 77.6 Å². The molecule has 5 nitrogen and oxygen atoms in total. The molecule has 0 aliphatic carbocycles. The Kier molecular flexibility index (Phi) is 5.34. The molecule has 0 atom stereocenters. The molecule has 1 aromatic rings. The molecule has 0 heterocycles. The minimum absolute atomic E-state index is 0.0689. The molecule has 0 aromatic heterocycles. The van der Waals surface area contributed by atoms with Crippen molar-refractivity contribution in [3.63, 3.8) is 0 Å². The number of para-hydroxylation sites is 1. The van der Waals surface area contributed by atoms with E-state index in [4.69, 9.17) is 15.2 Å². The largest absolute Gasteiger partial charge is 0.486 e. The lowest BCUT2D eigenvalue weighted by Crippen LogP contribution is -2.40. The van der Waals surface area contributed by atoms with Gasteiger partial charge in [0.1, 0.15) is 24.1 Å². The Morgan fingerprint density at radius 3 is 2.68 bits per heavy atom. The second-order valence-electron chi connectivity index (χ2n) is 5.17. The van der Waals surface area contributed by atoms with Gasteiger partial charge in [0.2, 0.25) is 0 Å². The first kappa shape index (κ1) is 15.0. The molecule has 0 spiro atoms. The maximum absolute atomic E-state index is 8.93. The Morgan fingerprint density at radius 2 is 2.11 bits per heavy atom. The monoisotopic (exact) mass is 261 g/mol. The molecular weight excluding hydrogens is 242 g/mol. The summed E-state index contributed by atoms with van der Waals surface area (Å²) in [6.45, 7) is 6.63. The Bertz CT molecular complexity index is 484. The fourth-order valence-corrected chi connectivity index (χ4v) is 1.33. The van der Waals surface area contributed by atoms with Crippen molar-refractivity contribution in [2.75, 3.05) is 13.2 Å². The first-order valence-corrected chi connectivity index (χ1v) is 6.03. The van der Waals surface area contributed by atoms with E-state index >= 15 is 0 Å². The van der Waals surface area contributed by atoms with E-state index in [1.807, 2.05) is 20.8 Å². The molecule has 0 unspecified atom stereocenters. The molecule has 1 rings (SSSR count). The summed E-state index contributed by atoms with van der Waals surface area (Å²) in [6.07, 6.45) is 0. The van der Waals surface area contributed by atoms with Crippen molar-refractivity contribution >= 4 is 5.71 Å². The molecule has 0 fully saturated rings. The first-order chi connectivity index (χ1) is 8.96. The molecule has 19 heavy (non-hydrogen) atoms. The third-order valence-corrected chi connectivity index (χ3v) is 2.37. The number of benzene rings is 1. The lowest BCUT2D eigenvalue weighted by atomic mass is 10.1. The highest BCUT2D eigenvalue weighted by molar-refractivity contribution is 5.87. The summed E-state index contributed by atoms with van der Waals surface area (Å²) in [5.74, 6) is 0.488. The third kappa shape index (κ3) is 5.40. The Balaban J connectivity index is 2.57. The molecule has 1 aromatic carbocycles. The summed E-state index contributed by atoms with van der Waals surface area (Å²) in [7, 11) is 0. The summed E-state index contributed by atoms with van der Waals surface area (Å²) in [5, 5.41) is 24.3. The van der Waals surface area contributed by atoms with Crippen LogP contribution in [-0.4, -0.2) is 29.6 Å². The van der Waals surface area contributed by atoms with Crippen LogP contribution in [0.2, 0.25) is 0 Å². The van der Waals surface area contributed by atoms with E-state index in [2.05, 4.69) is 16.5 Å². The van der Waals surface area contributed by atoms with Crippen LogP contribution in [0.15, 0.2) is 29.4 Å². The van der Waals surface area contributed by atoms with Crippen LogP contribution in [0.25, 0.3) is 0 Å². The van der Waals surface area contributed by atoms with Crippen molar-refractivity contribution in [3.8, 4) is 11.8 Å². The SMILES string of the molecule is CC(C)(C)NC/C(COc1ccccc1C#N)=N/O. The Hall–Kier alpha value is -2.06. The number of hydrogen-bond donors (Lipinski definition) is 2. The maximum Gasteiger partial charge on any atom is 0.137 e. The maximum atomic E-state index is 8.93. The van der Waals surface area contributed by atoms with Crippen LogP contribution in [0.3, 0.4) is 0 Å². The van der Waals surface area contributed by atoms with Gasteiger partial charge in [0.15, 0.2) is 0 Å². The predicted octanol–water partition coefficient (Wildman–Crippen LogP) is 2.16. The molecule has 0 bridgehead atoms. The van der Waals surface area contributed by atoms with Gasteiger partial charge in [-0.3, -0.25) is 0 Å². The van der Waals surface area contributed by atoms with Crippen LogP contribution in [0.5, 0.6) is 5.75 Å². The Morgan fingerprint density at radius 1 is 1.42 bits per heavy atom. The van der Waals surface area contributed by atoms with Crippen molar-refractivity contribution in [1.29, 1.82) is 5.26 Å². The van der Waals surface area contributed by atoms with Crippen LogP contribution in [0.1, 0.15) is 26.3 Å². The lowest BCUT2D eigenvalue weighted by Gasteiger charge is -2.20. The number of nitrogens with one attached hydrogen (secondary N) is 1. The molecule has 5 heteroatoms. The molecule has 2 N–H and O–H groups in total. The minimum Gasteiger partial charge on any atom is -0.486 e. The number of nitriles is 1. The van der Waals surface area contributed by atoms with E-state index in [-0.39, 0.29) is 12.1 Å². The summed E-state index contributed by atoms with van der Waals surface area (Å²) < 4.78 is 5.49. The zero-order valence-electron chi connectivity index (χ0n) is 11.5. The van der Waals surface area contributed by atoms with Crippen molar-refractivity contribution in [1.82, 2.24) is 5.32 Å². The molecule has 0 saturated carbocycles. The number of hydrogen-bond acceptors (Lipinski definition) is 5. The molecule has 102 valence electrons. The minimum atomic E-state index is -0.0689. The smallest absolute Gasteiger partial charge is 0.137 e. The van der Waals surface area contributed by atoms with Crippen molar-refractivity contribution in [2.24, 2.45) is 5.16 Å². The zero-order valence-corrected chi connectivity index (χ0v) is 11.5. The van der Waals surface area contributed by atoms with Gasteiger partial charge in [0.05, 0.1) is 5.56 Å². The zero-order chi connectivity index (χ0) is 14.3. The Labute approximate surface area is 113 Å². The van der Waals surface area contributed by atoms with E-state index in [1.165, 1.54) is 0 Å². The second kappa shape index (κ2) is 6.76. The van der Waals surface area contributed by atoms with Gasteiger partial charge in [-0.1, -0.05) is 17.3 Å². The normalized spacial score (nSPS) is 12.0. The quantitative estimate of drug-likeness (QED) is 0.483.